The summed E-state index contributed by atoms with van der Waals surface area (Å²) in [6, 6.07) is 4.69. The van der Waals surface area contributed by atoms with E-state index in [4.69, 9.17) is 4.42 Å². The van der Waals surface area contributed by atoms with E-state index >= 15 is 0 Å². The highest BCUT2D eigenvalue weighted by atomic mass is 16.3. The van der Waals surface area contributed by atoms with Crippen molar-refractivity contribution in [2.45, 2.75) is 32.9 Å². The van der Waals surface area contributed by atoms with Crippen molar-refractivity contribution in [3.63, 3.8) is 0 Å². The second-order valence-corrected chi connectivity index (χ2v) is 4.54. The van der Waals surface area contributed by atoms with Gasteiger partial charge >= 0.3 is 0 Å². The van der Waals surface area contributed by atoms with E-state index in [9.17, 15) is 0 Å². The molecule has 1 saturated heterocycles. The summed E-state index contributed by atoms with van der Waals surface area (Å²) in [4.78, 5) is 2.52. The van der Waals surface area contributed by atoms with Crippen LogP contribution in [-0.4, -0.2) is 30.6 Å². The molecule has 3 heteroatoms. The Kier molecular flexibility index (Phi) is 4.02. The van der Waals surface area contributed by atoms with Crippen LogP contribution in [0.25, 0.3) is 0 Å². The fourth-order valence-corrected chi connectivity index (χ4v) is 2.63. The molecule has 1 aliphatic heterocycles. The zero-order valence-electron chi connectivity index (χ0n) is 10.3. The maximum absolute atomic E-state index is 5.43. The first-order valence-electron chi connectivity index (χ1n) is 6.32. The van der Waals surface area contributed by atoms with Gasteiger partial charge < -0.3 is 9.73 Å². The second kappa shape index (κ2) is 5.51. The molecule has 1 aromatic rings. The van der Waals surface area contributed by atoms with Crippen LogP contribution >= 0.6 is 0 Å². The molecule has 1 N–H and O–H groups in total. The van der Waals surface area contributed by atoms with Crippen LogP contribution in [0.15, 0.2) is 22.8 Å². The van der Waals surface area contributed by atoms with Crippen molar-refractivity contribution in [3.05, 3.63) is 24.2 Å². The zero-order valence-corrected chi connectivity index (χ0v) is 10.3. The molecule has 0 aliphatic carbocycles. The van der Waals surface area contributed by atoms with Gasteiger partial charge in [0.1, 0.15) is 5.76 Å². The summed E-state index contributed by atoms with van der Waals surface area (Å²) in [7, 11) is 0. The number of furan rings is 1. The Balaban J connectivity index is 1.98. The molecule has 3 nitrogen and oxygen atoms in total. The van der Waals surface area contributed by atoms with Gasteiger partial charge in [-0.2, -0.15) is 0 Å². The van der Waals surface area contributed by atoms with Crippen molar-refractivity contribution in [1.29, 1.82) is 0 Å². The Morgan fingerprint density at radius 1 is 1.44 bits per heavy atom. The molecular formula is C13H22N2O. The van der Waals surface area contributed by atoms with Crippen molar-refractivity contribution < 1.29 is 4.42 Å². The average molecular weight is 222 g/mol. The van der Waals surface area contributed by atoms with Gasteiger partial charge in [-0.1, -0.05) is 20.3 Å². The molecule has 0 spiro atoms. The van der Waals surface area contributed by atoms with Crippen LogP contribution in [0.3, 0.4) is 0 Å². The number of nitrogens with one attached hydrogen (secondary N) is 1. The van der Waals surface area contributed by atoms with Crippen LogP contribution in [-0.2, 0) is 6.54 Å². The van der Waals surface area contributed by atoms with Crippen molar-refractivity contribution in [2.24, 2.45) is 5.92 Å². The Hall–Kier alpha value is -0.800. The molecule has 0 saturated carbocycles. The topological polar surface area (TPSA) is 28.4 Å². The standard InChI is InChI=1S/C13H22N2O/c1-3-11-8-14-9-13(11)15(4-2)10-12-6-5-7-16-12/h5-7,11,13-14H,3-4,8-10H2,1-2H3. The third-order valence-electron chi connectivity index (χ3n) is 3.64. The van der Waals surface area contributed by atoms with Crippen LogP contribution < -0.4 is 5.32 Å². The Labute approximate surface area is 97.8 Å². The summed E-state index contributed by atoms with van der Waals surface area (Å²) in [6.07, 6.45) is 3.01. The normalized spacial score (nSPS) is 25.4. The number of rotatable bonds is 5. The molecule has 90 valence electrons. The molecule has 0 radical (unpaired) electrons. The van der Waals surface area contributed by atoms with Gasteiger partial charge in [0.2, 0.25) is 0 Å². The van der Waals surface area contributed by atoms with Crippen LogP contribution in [0.1, 0.15) is 26.0 Å². The molecule has 0 bridgehead atoms. The zero-order chi connectivity index (χ0) is 11.4. The molecule has 16 heavy (non-hydrogen) atoms. The summed E-state index contributed by atoms with van der Waals surface area (Å²) < 4.78 is 5.43. The summed E-state index contributed by atoms with van der Waals surface area (Å²) >= 11 is 0. The van der Waals surface area contributed by atoms with Gasteiger partial charge in [0.15, 0.2) is 0 Å². The van der Waals surface area contributed by atoms with Gasteiger partial charge in [-0.3, -0.25) is 4.90 Å². The van der Waals surface area contributed by atoms with E-state index in [0.29, 0.717) is 6.04 Å². The minimum Gasteiger partial charge on any atom is -0.468 e. The SMILES string of the molecule is CCC1CNCC1N(CC)Cc1ccco1. The molecule has 2 heterocycles. The van der Waals surface area contributed by atoms with Gasteiger partial charge in [0.05, 0.1) is 12.8 Å². The molecule has 0 amide bonds. The summed E-state index contributed by atoms with van der Waals surface area (Å²) in [5.74, 6) is 1.86. The fraction of sp³-hybridized carbons (Fsp3) is 0.692. The molecular weight excluding hydrogens is 200 g/mol. The highest BCUT2D eigenvalue weighted by Gasteiger charge is 2.30. The van der Waals surface area contributed by atoms with Gasteiger partial charge in [-0.05, 0) is 31.1 Å². The fourth-order valence-electron chi connectivity index (χ4n) is 2.63. The number of hydrogen-bond donors (Lipinski definition) is 1. The molecule has 2 rings (SSSR count). The number of hydrogen-bond acceptors (Lipinski definition) is 3. The Bertz CT molecular complexity index is 297. The Morgan fingerprint density at radius 2 is 2.31 bits per heavy atom. The molecule has 2 unspecified atom stereocenters. The molecule has 0 aromatic carbocycles. The van der Waals surface area contributed by atoms with E-state index in [1.807, 2.05) is 6.07 Å². The van der Waals surface area contributed by atoms with Crippen molar-refractivity contribution >= 4 is 0 Å². The third kappa shape index (κ3) is 2.47. The largest absolute Gasteiger partial charge is 0.468 e. The van der Waals surface area contributed by atoms with Gasteiger partial charge in [-0.15, -0.1) is 0 Å². The minimum atomic E-state index is 0.667. The molecule has 1 fully saturated rings. The summed E-state index contributed by atoms with van der Waals surface area (Å²) in [5, 5.41) is 3.50. The average Bonchev–Trinajstić information content (AvgIpc) is 2.96. The van der Waals surface area contributed by atoms with Crippen LogP contribution in [0.5, 0.6) is 0 Å². The van der Waals surface area contributed by atoms with Gasteiger partial charge in [-0.25, -0.2) is 0 Å². The minimum absolute atomic E-state index is 0.667. The summed E-state index contributed by atoms with van der Waals surface area (Å²) in [6.45, 7) is 8.82. The lowest BCUT2D eigenvalue weighted by Gasteiger charge is -2.30. The maximum Gasteiger partial charge on any atom is 0.117 e. The third-order valence-corrected chi connectivity index (χ3v) is 3.64. The van der Waals surface area contributed by atoms with Crippen LogP contribution in [0, 0.1) is 5.92 Å². The van der Waals surface area contributed by atoms with E-state index in [-0.39, 0.29) is 0 Å². The predicted molar refractivity (Wildman–Crippen MR) is 65.2 cm³/mol. The molecule has 2 atom stereocenters. The lowest BCUT2D eigenvalue weighted by atomic mass is 9.99. The highest BCUT2D eigenvalue weighted by Crippen LogP contribution is 2.20. The predicted octanol–water partition coefficient (Wildman–Crippen LogP) is 2.10. The van der Waals surface area contributed by atoms with Crippen LogP contribution in [0.4, 0.5) is 0 Å². The van der Waals surface area contributed by atoms with Gasteiger partial charge in [0, 0.05) is 12.6 Å². The summed E-state index contributed by atoms with van der Waals surface area (Å²) in [5.41, 5.74) is 0. The van der Waals surface area contributed by atoms with Crippen molar-refractivity contribution in [2.75, 3.05) is 19.6 Å². The quantitative estimate of drug-likeness (QED) is 0.827. The first kappa shape index (κ1) is 11.7. The number of likely N-dealkylation sites (N-methyl/N-ethyl adjacent to an activating group) is 1. The van der Waals surface area contributed by atoms with E-state index < -0.39 is 0 Å². The molecule has 1 aromatic heterocycles. The maximum atomic E-state index is 5.43. The smallest absolute Gasteiger partial charge is 0.117 e. The van der Waals surface area contributed by atoms with Crippen molar-refractivity contribution in [3.8, 4) is 0 Å². The first-order valence-corrected chi connectivity index (χ1v) is 6.32. The first-order chi connectivity index (χ1) is 7.85. The van der Waals surface area contributed by atoms with E-state index in [0.717, 1.165) is 37.9 Å². The highest BCUT2D eigenvalue weighted by molar-refractivity contribution is 4.99. The van der Waals surface area contributed by atoms with E-state index in [2.05, 4.69) is 30.1 Å². The monoisotopic (exact) mass is 222 g/mol. The Morgan fingerprint density at radius 3 is 2.94 bits per heavy atom. The van der Waals surface area contributed by atoms with Crippen molar-refractivity contribution in [1.82, 2.24) is 10.2 Å². The van der Waals surface area contributed by atoms with Crippen LogP contribution in [0.2, 0.25) is 0 Å². The van der Waals surface area contributed by atoms with Gasteiger partial charge in [0.25, 0.3) is 0 Å². The number of nitrogens with zero attached hydrogens (tertiary/aromatic N) is 1. The lowest BCUT2D eigenvalue weighted by molar-refractivity contribution is 0.158. The molecule has 1 aliphatic rings. The lowest BCUT2D eigenvalue weighted by Crippen LogP contribution is -2.40. The second-order valence-electron chi connectivity index (χ2n) is 4.54. The van der Waals surface area contributed by atoms with E-state index in [1.165, 1.54) is 6.42 Å². The van der Waals surface area contributed by atoms with E-state index in [1.54, 1.807) is 6.26 Å².